The van der Waals surface area contributed by atoms with Crippen molar-refractivity contribution >= 4 is 22.7 Å². The summed E-state index contributed by atoms with van der Waals surface area (Å²) in [5, 5.41) is 3.36. The normalized spacial score (nSPS) is 10.2. The van der Waals surface area contributed by atoms with Gasteiger partial charge >= 0.3 is 0 Å². The van der Waals surface area contributed by atoms with Gasteiger partial charge in [-0.1, -0.05) is 6.07 Å². The summed E-state index contributed by atoms with van der Waals surface area (Å²) in [6.07, 6.45) is 0. The molecule has 0 aliphatic carbocycles. The number of nitrogens with one attached hydrogen (secondary N) is 1. The Morgan fingerprint density at radius 1 is 1.05 bits per heavy atom. The molecule has 0 heterocycles. The van der Waals surface area contributed by atoms with Crippen LogP contribution in [0.5, 0.6) is 5.75 Å². The Hall–Kier alpha value is -2.36. The van der Waals surface area contributed by atoms with Crippen LogP contribution in [-0.2, 0) is 0 Å². The van der Waals surface area contributed by atoms with Crippen LogP contribution in [0, 0.1) is 6.92 Å². The second-order valence-corrected chi connectivity index (χ2v) is 5.02. The Morgan fingerprint density at radius 3 is 2.45 bits per heavy atom. The smallest absolute Gasteiger partial charge is 0.122 e. The van der Waals surface area contributed by atoms with Crippen molar-refractivity contribution < 1.29 is 4.74 Å². The molecule has 0 bridgehead atoms. The van der Waals surface area contributed by atoms with Gasteiger partial charge in [-0.15, -0.1) is 0 Å². The summed E-state index contributed by atoms with van der Waals surface area (Å²) in [5.41, 5.74) is 10.9. The molecule has 2 rings (SSSR count). The average molecular weight is 271 g/mol. The molecule has 0 aliphatic heterocycles. The third-order valence-corrected chi connectivity index (χ3v) is 3.14. The lowest BCUT2D eigenvalue weighted by atomic mass is 10.1. The van der Waals surface area contributed by atoms with Crippen molar-refractivity contribution in [1.82, 2.24) is 0 Å². The molecule has 3 N–H and O–H groups in total. The Morgan fingerprint density at radius 2 is 1.80 bits per heavy atom. The molecule has 0 amide bonds. The number of methoxy groups -OCH3 is 1. The second-order valence-electron chi connectivity index (χ2n) is 5.02. The van der Waals surface area contributed by atoms with Crippen LogP contribution in [-0.4, -0.2) is 21.2 Å². The predicted octanol–water partition coefficient (Wildman–Crippen LogP) is 3.40. The minimum absolute atomic E-state index is 0.673. The highest BCUT2D eigenvalue weighted by Gasteiger charge is 2.04. The van der Waals surface area contributed by atoms with Gasteiger partial charge in [0.25, 0.3) is 0 Å². The highest BCUT2D eigenvalue weighted by atomic mass is 16.5. The van der Waals surface area contributed by atoms with E-state index >= 15 is 0 Å². The minimum Gasteiger partial charge on any atom is -0.497 e. The van der Waals surface area contributed by atoms with Crippen LogP contribution in [0.2, 0.25) is 0 Å². The number of nitrogens with two attached hydrogens (primary N) is 1. The molecule has 0 aromatic heterocycles. The van der Waals surface area contributed by atoms with Crippen LogP contribution in [0.1, 0.15) is 5.56 Å². The summed E-state index contributed by atoms with van der Waals surface area (Å²) in [6.45, 7) is 2.10. The number of aryl methyl sites for hydroxylation is 1. The van der Waals surface area contributed by atoms with Gasteiger partial charge in [-0.3, -0.25) is 0 Å². The predicted molar refractivity (Wildman–Crippen MR) is 86.2 cm³/mol. The summed E-state index contributed by atoms with van der Waals surface area (Å²) in [5.74, 6) is 0.743. The monoisotopic (exact) mass is 271 g/mol. The molecular formula is C16H21N3O. The number of benzene rings is 2. The molecule has 2 aromatic rings. The second kappa shape index (κ2) is 5.74. The van der Waals surface area contributed by atoms with E-state index in [0.29, 0.717) is 5.69 Å². The van der Waals surface area contributed by atoms with Crippen molar-refractivity contribution in [3.63, 3.8) is 0 Å². The van der Waals surface area contributed by atoms with Gasteiger partial charge in [-0.2, -0.15) is 0 Å². The van der Waals surface area contributed by atoms with Crippen LogP contribution < -0.4 is 20.7 Å². The fourth-order valence-electron chi connectivity index (χ4n) is 2.15. The molecule has 0 saturated carbocycles. The lowest BCUT2D eigenvalue weighted by molar-refractivity contribution is 0.415. The molecule has 4 heteroatoms. The highest BCUT2D eigenvalue weighted by molar-refractivity contribution is 5.70. The largest absolute Gasteiger partial charge is 0.497 e. The van der Waals surface area contributed by atoms with Crippen molar-refractivity contribution in [3.05, 3.63) is 42.0 Å². The van der Waals surface area contributed by atoms with E-state index in [2.05, 4.69) is 35.3 Å². The van der Waals surface area contributed by atoms with Crippen molar-refractivity contribution in [2.45, 2.75) is 6.92 Å². The maximum Gasteiger partial charge on any atom is 0.122 e. The molecule has 20 heavy (non-hydrogen) atoms. The van der Waals surface area contributed by atoms with Gasteiger partial charge in [0.15, 0.2) is 0 Å². The van der Waals surface area contributed by atoms with Gasteiger partial charge in [0.2, 0.25) is 0 Å². The van der Waals surface area contributed by atoms with E-state index < -0.39 is 0 Å². The zero-order chi connectivity index (χ0) is 14.7. The quantitative estimate of drug-likeness (QED) is 0.837. The standard InChI is InChI=1S/C16H21N3O/c1-11-5-6-13(10-16(11)19(2)3)18-14-7-12(17)8-15(9-14)20-4/h5-10,18H,17H2,1-4H3. The molecule has 0 aliphatic rings. The molecule has 0 atom stereocenters. The molecule has 4 nitrogen and oxygen atoms in total. The average Bonchev–Trinajstić information content (AvgIpc) is 2.40. The fourth-order valence-corrected chi connectivity index (χ4v) is 2.15. The van der Waals surface area contributed by atoms with Gasteiger partial charge in [0.1, 0.15) is 5.75 Å². The zero-order valence-electron chi connectivity index (χ0n) is 12.4. The Bertz CT molecular complexity index is 609. The van der Waals surface area contributed by atoms with Crippen molar-refractivity contribution in [1.29, 1.82) is 0 Å². The molecule has 0 fully saturated rings. The summed E-state index contributed by atoms with van der Waals surface area (Å²) in [6, 6.07) is 11.9. The van der Waals surface area contributed by atoms with Crippen molar-refractivity contribution in [2.75, 3.05) is 37.2 Å². The van der Waals surface area contributed by atoms with Crippen LogP contribution in [0.15, 0.2) is 36.4 Å². The summed E-state index contributed by atoms with van der Waals surface area (Å²) >= 11 is 0. The first kappa shape index (κ1) is 14.1. The number of anilines is 4. The number of ether oxygens (including phenoxy) is 1. The summed E-state index contributed by atoms with van der Waals surface area (Å²) < 4.78 is 5.23. The molecule has 0 radical (unpaired) electrons. The van der Waals surface area contributed by atoms with E-state index in [4.69, 9.17) is 10.5 Å². The molecule has 106 valence electrons. The fraction of sp³-hybridized carbons (Fsp3) is 0.250. The number of hydrogen-bond donors (Lipinski definition) is 2. The first-order valence-electron chi connectivity index (χ1n) is 6.49. The van der Waals surface area contributed by atoms with Gasteiger partial charge in [-0.25, -0.2) is 0 Å². The first-order chi connectivity index (χ1) is 9.49. The lowest BCUT2D eigenvalue weighted by Gasteiger charge is -2.18. The maximum absolute atomic E-state index is 5.86. The Labute approximate surface area is 120 Å². The molecule has 2 aromatic carbocycles. The van der Waals surface area contributed by atoms with Gasteiger partial charge < -0.3 is 20.7 Å². The van der Waals surface area contributed by atoms with E-state index in [-0.39, 0.29) is 0 Å². The number of rotatable bonds is 4. The lowest BCUT2D eigenvalue weighted by Crippen LogP contribution is -2.10. The van der Waals surface area contributed by atoms with E-state index in [9.17, 15) is 0 Å². The first-order valence-corrected chi connectivity index (χ1v) is 6.49. The van der Waals surface area contributed by atoms with Crippen LogP contribution in [0.3, 0.4) is 0 Å². The topological polar surface area (TPSA) is 50.5 Å². The SMILES string of the molecule is COc1cc(N)cc(Nc2ccc(C)c(N(C)C)c2)c1. The molecule has 0 unspecified atom stereocenters. The van der Waals surface area contributed by atoms with Gasteiger partial charge in [0, 0.05) is 49.0 Å². The van der Waals surface area contributed by atoms with E-state index in [0.717, 1.165) is 17.1 Å². The van der Waals surface area contributed by atoms with E-state index in [1.165, 1.54) is 11.3 Å². The Kier molecular flexibility index (Phi) is 4.03. The molecular weight excluding hydrogens is 250 g/mol. The maximum atomic E-state index is 5.86. The number of nitrogens with zero attached hydrogens (tertiary/aromatic N) is 1. The van der Waals surface area contributed by atoms with E-state index in [1.807, 2.05) is 26.2 Å². The zero-order valence-corrected chi connectivity index (χ0v) is 12.4. The van der Waals surface area contributed by atoms with Crippen LogP contribution in [0.4, 0.5) is 22.7 Å². The number of nitrogen functional groups attached to an aromatic ring is 1. The minimum atomic E-state index is 0.673. The Balaban J connectivity index is 2.30. The highest BCUT2D eigenvalue weighted by Crippen LogP contribution is 2.28. The van der Waals surface area contributed by atoms with Crippen molar-refractivity contribution in [2.24, 2.45) is 0 Å². The van der Waals surface area contributed by atoms with E-state index in [1.54, 1.807) is 13.2 Å². The third-order valence-electron chi connectivity index (χ3n) is 3.14. The summed E-state index contributed by atoms with van der Waals surface area (Å²) in [4.78, 5) is 2.10. The number of hydrogen-bond acceptors (Lipinski definition) is 4. The van der Waals surface area contributed by atoms with Gasteiger partial charge in [0.05, 0.1) is 7.11 Å². The van der Waals surface area contributed by atoms with Gasteiger partial charge in [-0.05, 0) is 30.7 Å². The third kappa shape index (κ3) is 3.15. The molecule has 0 spiro atoms. The molecule has 0 saturated heterocycles. The van der Waals surface area contributed by atoms with Crippen LogP contribution in [0.25, 0.3) is 0 Å². The summed E-state index contributed by atoms with van der Waals surface area (Å²) in [7, 11) is 5.71. The van der Waals surface area contributed by atoms with Crippen LogP contribution >= 0.6 is 0 Å². The van der Waals surface area contributed by atoms with Crippen molar-refractivity contribution in [3.8, 4) is 5.75 Å².